The molecule has 3 fully saturated rings. The van der Waals surface area contributed by atoms with Crippen LogP contribution in [0.15, 0.2) is 54.6 Å². The van der Waals surface area contributed by atoms with E-state index in [0.717, 1.165) is 49.3 Å². The zero-order chi connectivity index (χ0) is 24.8. The van der Waals surface area contributed by atoms with Crippen LogP contribution < -0.4 is 5.32 Å². The highest BCUT2D eigenvalue weighted by Crippen LogP contribution is 2.63. The average Bonchev–Trinajstić information content (AvgIpc) is 3.17. The van der Waals surface area contributed by atoms with Crippen LogP contribution in [0.2, 0.25) is 0 Å². The lowest BCUT2D eigenvalue weighted by Crippen LogP contribution is -2.53. The summed E-state index contributed by atoms with van der Waals surface area (Å²) in [4.78, 5) is 13.3. The first kappa shape index (κ1) is 24.5. The molecule has 3 aliphatic rings. The SMILES string of the molecule is C=C1CCC2C(CNC(=O)c3ccc4ccccc4c3)C(C3(C)CCC(O)CC3CO)CCC12C. The number of carbonyl (C=O) groups is 1. The van der Waals surface area contributed by atoms with Gasteiger partial charge in [0.2, 0.25) is 0 Å². The fourth-order valence-electron chi connectivity index (χ4n) is 8.11. The minimum absolute atomic E-state index is 0.0125. The number of fused-ring (bicyclic) bond motifs is 2. The van der Waals surface area contributed by atoms with Crippen molar-refractivity contribution in [1.29, 1.82) is 0 Å². The molecule has 1 amide bonds. The van der Waals surface area contributed by atoms with Gasteiger partial charge in [0.25, 0.3) is 5.91 Å². The Balaban J connectivity index is 1.41. The predicted molar refractivity (Wildman–Crippen MR) is 141 cm³/mol. The summed E-state index contributed by atoms with van der Waals surface area (Å²) >= 11 is 0. The molecule has 4 nitrogen and oxygen atoms in total. The van der Waals surface area contributed by atoms with E-state index < -0.39 is 0 Å². The van der Waals surface area contributed by atoms with Crippen molar-refractivity contribution in [2.75, 3.05) is 13.2 Å². The molecular weight excluding hydrogens is 434 g/mol. The summed E-state index contributed by atoms with van der Waals surface area (Å²) in [5.41, 5.74) is 2.18. The number of rotatable bonds is 5. The maximum atomic E-state index is 13.3. The van der Waals surface area contributed by atoms with Crippen molar-refractivity contribution in [2.45, 2.75) is 64.9 Å². The van der Waals surface area contributed by atoms with Gasteiger partial charge in [-0.25, -0.2) is 0 Å². The van der Waals surface area contributed by atoms with E-state index in [1.54, 1.807) is 0 Å². The highest BCUT2D eigenvalue weighted by Gasteiger charge is 2.56. The van der Waals surface area contributed by atoms with Crippen molar-refractivity contribution in [3.63, 3.8) is 0 Å². The predicted octanol–water partition coefficient (Wildman–Crippen LogP) is 5.73. The summed E-state index contributed by atoms with van der Waals surface area (Å²) in [5, 5.41) is 26.2. The monoisotopic (exact) mass is 475 g/mol. The van der Waals surface area contributed by atoms with Gasteiger partial charge >= 0.3 is 0 Å². The lowest BCUT2D eigenvalue weighted by molar-refractivity contribution is -0.0928. The third-order valence-corrected chi connectivity index (χ3v) is 10.5. The normalized spacial score (nSPS) is 37.3. The van der Waals surface area contributed by atoms with Gasteiger partial charge in [-0.3, -0.25) is 4.79 Å². The van der Waals surface area contributed by atoms with E-state index in [2.05, 4.69) is 31.8 Å². The van der Waals surface area contributed by atoms with Crippen LogP contribution in [0.3, 0.4) is 0 Å². The molecule has 3 N–H and O–H groups in total. The maximum absolute atomic E-state index is 13.3. The first-order valence-electron chi connectivity index (χ1n) is 13.5. The fourth-order valence-corrected chi connectivity index (χ4v) is 8.11. The number of aliphatic hydroxyl groups excluding tert-OH is 2. The molecule has 0 saturated heterocycles. The number of hydrogen-bond donors (Lipinski definition) is 3. The molecule has 7 atom stereocenters. The van der Waals surface area contributed by atoms with Gasteiger partial charge in [-0.05, 0) is 102 Å². The number of aliphatic hydroxyl groups is 2. The van der Waals surface area contributed by atoms with Crippen LogP contribution in [0.25, 0.3) is 10.8 Å². The number of benzene rings is 2. The zero-order valence-corrected chi connectivity index (χ0v) is 21.3. The first-order chi connectivity index (χ1) is 16.8. The molecule has 0 heterocycles. The number of carbonyl (C=O) groups excluding carboxylic acids is 1. The van der Waals surface area contributed by atoms with Crippen LogP contribution in [-0.2, 0) is 0 Å². The number of allylic oxidation sites excluding steroid dienone is 1. The minimum Gasteiger partial charge on any atom is -0.396 e. The standard InChI is InChI=1S/C31H41NO3/c1-20-8-11-27-26(18-32-29(35)23-10-9-21-6-4-5-7-22(21)16-23)28(13-15-30(20,27)2)31(3)14-12-25(34)17-24(31)19-33/h4-7,9-10,16,24-28,33-34H,1,8,11-15,17-19H2,2-3H3,(H,32,35). The molecule has 35 heavy (non-hydrogen) atoms. The van der Waals surface area contributed by atoms with Crippen LogP contribution >= 0.6 is 0 Å². The molecule has 7 unspecified atom stereocenters. The van der Waals surface area contributed by atoms with Crippen LogP contribution in [0, 0.1) is 34.5 Å². The summed E-state index contributed by atoms with van der Waals surface area (Å²) in [5.74, 6) is 1.33. The lowest BCUT2D eigenvalue weighted by Gasteiger charge is -2.56. The van der Waals surface area contributed by atoms with Crippen molar-refractivity contribution in [2.24, 2.45) is 34.5 Å². The summed E-state index contributed by atoms with van der Waals surface area (Å²) in [6, 6.07) is 14.1. The molecule has 5 rings (SSSR count). The molecule has 0 bridgehead atoms. The number of hydrogen-bond acceptors (Lipinski definition) is 3. The Morgan fingerprint density at radius 2 is 1.83 bits per heavy atom. The Morgan fingerprint density at radius 3 is 2.60 bits per heavy atom. The summed E-state index contributed by atoms with van der Waals surface area (Å²) in [6.45, 7) is 9.95. The highest BCUT2D eigenvalue weighted by molar-refractivity contribution is 5.98. The van der Waals surface area contributed by atoms with E-state index >= 15 is 0 Å². The minimum atomic E-state index is -0.314. The van der Waals surface area contributed by atoms with Gasteiger partial charge < -0.3 is 15.5 Å². The highest BCUT2D eigenvalue weighted by atomic mass is 16.3. The van der Waals surface area contributed by atoms with Crippen LogP contribution in [0.4, 0.5) is 0 Å². The van der Waals surface area contributed by atoms with Gasteiger partial charge in [0.05, 0.1) is 6.10 Å². The van der Waals surface area contributed by atoms with Gasteiger partial charge in [0.15, 0.2) is 0 Å². The van der Waals surface area contributed by atoms with Gasteiger partial charge in [0.1, 0.15) is 0 Å². The molecule has 0 aliphatic heterocycles. The second-order valence-corrected chi connectivity index (χ2v) is 12.1. The Hall–Kier alpha value is -2.17. The van der Waals surface area contributed by atoms with Gasteiger partial charge in [-0.2, -0.15) is 0 Å². The molecule has 3 aliphatic carbocycles. The van der Waals surface area contributed by atoms with Crippen LogP contribution in [-0.4, -0.2) is 35.4 Å². The average molecular weight is 476 g/mol. The third kappa shape index (κ3) is 4.23. The first-order valence-corrected chi connectivity index (χ1v) is 13.5. The van der Waals surface area contributed by atoms with E-state index in [4.69, 9.17) is 0 Å². The lowest BCUT2D eigenvalue weighted by atomic mass is 9.49. The molecule has 0 radical (unpaired) electrons. The molecule has 4 heteroatoms. The van der Waals surface area contributed by atoms with Crippen molar-refractivity contribution < 1.29 is 15.0 Å². The number of amides is 1. The maximum Gasteiger partial charge on any atom is 0.251 e. The van der Waals surface area contributed by atoms with Gasteiger partial charge in [-0.1, -0.05) is 56.3 Å². The van der Waals surface area contributed by atoms with Gasteiger partial charge in [-0.15, -0.1) is 0 Å². The summed E-state index contributed by atoms with van der Waals surface area (Å²) in [6.07, 6.45) is 6.52. The summed E-state index contributed by atoms with van der Waals surface area (Å²) < 4.78 is 0. The third-order valence-electron chi connectivity index (χ3n) is 10.5. The topological polar surface area (TPSA) is 69.6 Å². The Kier molecular flexibility index (Phi) is 6.56. The summed E-state index contributed by atoms with van der Waals surface area (Å²) in [7, 11) is 0. The zero-order valence-electron chi connectivity index (χ0n) is 21.3. The molecule has 2 aromatic rings. The quantitative estimate of drug-likeness (QED) is 0.484. The molecule has 188 valence electrons. The van der Waals surface area contributed by atoms with Crippen molar-refractivity contribution in [1.82, 2.24) is 5.32 Å². The molecule has 0 aromatic heterocycles. The Bertz CT molecular complexity index is 1110. The van der Waals surface area contributed by atoms with E-state index in [9.17, 15) is 15.0 Å². The Labute approximate surface area is 209 Å². The van der Waals surface area contributed by atoms with E-state index in [0.29, 0.717) is 36.3 Å². The van der Waals surface area contributed by atoms with E-state index in [1.807, 2.05) is 36.4 Å². The second-order valence-electron chi connectivity index (χ2n) is 12.1. The molecule has 2 aromatic carbocycles. The van der Waals surface area contributed by atoms with Crippen molar-refractivity contribution in [3.05, 3.63) is 60.2 Å². The second kappa shape index (κ2) is 9.37. The molecule has 3 saturated carbocycles. The molecule has 0 spiro atoms. The van der Waals surface area contributed by atoms with Crippen LogP contribution in [0.5, 0.6) is 0 Å². The van der Waals surface area contributed by atoms with Crippen molar-refractivity contribution >= 4 is 16.7 Å². The van der Waals surface area contributed by atoms with Crippen LogP contribution in [0.1, 0.15) is 69.2 Å². The fraction of sp³-hybridized carbons (Fsp3) is 0.581. The van der Waals surface area contributed by atoms with Crippen molar-refractivity contribution in [3.8, 4) is 0 Å². The molecular formula is C31H41NO3. The van der Waals surface area contributed by atoms with E-state index in [1.165, 1.54) is 5.57 Å². The largest absolute Gasteiger partial charge is 0.396 e. The van der Waals surface area contributed by atoms with Gasteiger partial charge in [0, 0.05) is 18.7 Å². The Morgan fingerprint density at radius 1 is 1.06 bits per heavy atom. The van der Waals surface area contributed by atoms with E-state index in [-0.39, 0.29) is 35.4 Å². The number of nitrogens with one attached hydrogen (secondary N) is 1. The smallest absolute Gasteiger partial charge is 0.251 e.